The maximum absolute atomic E-state index is 14.2. The Morgan fingerprint density at radius 2 is 1.48 bits per heavy atom. The number of alkyl halides is 3. The van der Waals surface area contributed by atoms with Crippen molar-refractivity contribution < 1.29 is 37.0 Å². The lowest BCUT2D eigenvalue weighted by atomic mass is 10.0. The van der Waals surface area contributed by atoms with E-state index < -0.39 is 23.7 Å². The van der Waals surface area contributed by atoms with Crippen molar-refractivity contribution in [3.05, 3.63) is 123 Å². The van der Waals surface area contributed by atoms with Crippen LogP contribution in [-0.4, -0.2) is 72.8 Å². The Hall–Kier alpha value is -6.30. The smallest absolute Gasteiger partial charge is 0.383 e. The molecule has 7 heterocycles. The van der Waals surface area contributed by atoms with Crippen LogP contribution >= 0.6 is 0 Å². The highest BCUT2D eigenvalue weighted by Gasteiger charge is 2.39. The molecular weight excluding hydrogens is 792 g/mol. The first-order valence-corrected chi connectivity index (χ1v) is 19.9. The lowest BCUT2D eigenvalue weighted by Gasteiger charge is -2.29. The summed E-state index contributed by atoms with van der Waals surface area (Å²) in [7, 11) is 1.74. The predicted octanol–water partition coefficient (Wildman–Crippen LogP) is 6.34. The molecule has 0 bridgehead atoms. The second-order valence-corrected chi connectivity index (χ2v) is 15.9. The first-order valence-electron chi connectivity index (χ1n) is 19.9. The molecule has 0 saturated heterocycles. The standard InChI is InChI=1S/C44H42F3N9O5/c1-23(56(16-30-7-5-28(14-51-30)44(45,46)47)43(58)26-10-33-35-20-61-22-37(35)40(49)54-41(33)52-13-26)17-59-18-27-11-31(27)25-3-6-29(50-12-25)15-55(2)42(57)24-4-8-38-32(9-24)34-19-60-21-36(34)39(48)53-38/h3-10,12-14,23,27,31H,11,15-22H2,1-2H3,(H2,48,53)(H2,49,52,54)/t23-,27?,31?/m1/s1. The van der Waals surface area contributed by atoms with E-state index >= 15 is 0 Å². The zero-order valence-electron chi connectivity index (χ0n) is 33.4. The van der Waals surface area contributed by atoms with Crippen LogP contribution in [0.25, 0.3) is 21.9 Å². The van der Waals surface area contributed by atoms with Gasteiger partial charge >= 0.3 is 6.18 Å². The molecular formula is C44H42F3N9O5. The van der Waals surface area contributed by atoms with E-state index in [0.717, 1.165) is 63.1 Å². The normalized spacial score (nSPS) is 17.3. The topological polar surface area (TPSA) is 185 Å². The Labute approximate surface area is 348 Å². The molecule has 314 valence electrons. The number of nitrogens with two attached hydrogens (primary N) is 2. The maximum atomic E-state index is 14.2. The molecule has 6 aromatic rings. The zero-order chi connectivity index (χ0) is 42.6. The number of ether oxygens (including phenoxy) is 3. The maximum Gasteiger partial charge on any atom is 0.417 e. The number of halogens is 3. The van der Waals surface area contributed by atoms with Crippen molar-refractivity contribution in [1.29, 1.82) is 0 Å². The third-order valence-electron chi connectivity index (χ3n) is 11.7. The summed E-state index contributed by atoms with van der Waals surface area (Å²) in [5.41, 5.74) is 18.8. The Morgan fingerprint density at radius 3 is 2.18 bits per heavy atom. The Balaban J connectivity index is 0.826. The van der Waals surface area contributed by atoms with Crippen LogP contribution in [0.2, 0.25) is 0 Å². The Bertz CT molecular complexity index is 2680. The first kappa shape index (κ1) is 40.1. The Morgan fingerprint density at radius 1 is 0.803 bits per heavy atom. The van der Waals surface area contributed by atoms with Crippen LogP contribution in [0.3, 0.4) is 0 Å². The van der Waals surface area contributed by atoms with Crippen LogP contribution in [-0.2, 0) is 59.9 Å². The molecule has 1 saturated carbocycles. The minimum Gasteiger partial charge on any atom is -0.383 e. The number of benzene rings is 1. The van der Waals surface area contributed by atoms with Crippen LogP contribution in [0.4, 0.5) is 24.8 Å². The number of nitrogen functional groups attached to an aromatic ring is 2. The van der Waals surface area contributed by atoms with Gasteiger partial charge in [-0.3, -0.25) is 19.6 Å². The molecule has 2 unspecified atom stereocenters. The zero-order valence-corrected chi connectivity index (χ0v) is 33.4. The molecule has 61 heavy (non-hydrogen) atoms. The number of anilines is 2. The molecule has 0 radical (unpaired) electrons. The van der Waals surface area contributed by atoms with Crippen molar-refractivity contribution in [2.75, 3.05) is 31.7 Å². The van der Waals surface area contributed by atoms with Gasteiger partial charge in [0, 0.05) is 53.1 Å². The first-order chi connectivity index (χ1) is 29.3. The van der Waals surface area contributed by atoms with E-state index in [1.54, 1.807) is 24.1 Å². The fraction of sp³-hybridized carbons (Fsp3) is 0.341. The summed E-state index contributed by atoms with van der Waals surface area (Å²) < 4.78 is 57.3. The van der Waals surface area contributed by atoms with Gasteiger partial charge in [-0.15, -0.1) is 0 Å². The molecule has 1 aliphatic carbocycles. The van der Waals surface area contributed by atoms with Crippen molar-refractivity contribution >= 4 is 45.4 Å². The van der Waals surface area contributed by atoms with Crippen molar-refractivity contribution in [3.63, 3.8) is 0 Å². The number of pyridine rings is 5. The average molecular weight is 834 g/mol. The van der Waals surface area contributed by atoms with Crippen molar-refractivity contribution in [3.8, 4) is 0 Å². The van der Waals surface area contributed by atoms with E-state index in [-0.39, 0.29) is 42.2 Å². The minimum atomic E-state index is -4.54. The van der Waals surface area contributed by atoms with Gasteiger partial charge in [0.05, 0.1) is 86.8 Å². The van der Waals surface area contributed by atoms with Crippen LogP contribution in [0.15, 0.2) is 67.1 Å². The van der Waals surface area contributed by atoms with E-state index in [0.29, 0.717) is 67.8 Å². The summed E-state index contributed by atoms with van der Waals surface area (Å²) in [6.45, 7) is 4.17. The van der Waals surface area contributed by atoms with Gasteiger partial charge in [-0.2, -0.15) is 13.2 Å². The summed E-state index contributed by atoms with van der Waals surface area (Å²) in [5.74, 6) is 0.736. The number of carbonyl (C=O) groups is 2. The lowest BCUT2D eigenvalue weighted by molar-refractivity contribution is -0.137. The van der Waals surface area contributed by atoms with Gasteiger partial charge in [0.15, 0.2) is 5.65 Å². The summed E-state index contributed by atoms with van der Waals surface area (Å²) >= 11 is 0. The molecule has 1 fully saturated rings. The van der Waals surface area contributed by atoms with Crippen LogP contribution < -0.4 is 11.5 Å². The second-order valence-electron chi connectivity index (χ2n) is 15.9. The minimum absolute atomic E-state index is 0.0575. The van der Waals surface area contributed by atoms with Crippen molar-refractivity contribution in [2.45, 2.75) is 71.0 Å². The highest BCUT2D eigenvalue weighted by molar-refractivity contribution is 5.99. The predicted molar refractivity (Wildman–Crippen MR) is 217 cm³/mol. The summed E-state index contributed by atoms with van der Waals surface area (Å²) in [6.07, 6.45) is 0.395. The molecule has 3 aliphatic rings. The van der Waals surface area contributed by atoms with Crippen LogP contribution in [0.1, 0.15) is 84.7 Å². The molecule has 2 amide bonds. The fourth-order valence-corrected chi connectivity index (χ4v) is 8.13. The molecule has 2 aliphatic heterocycles. The van der Waals surface area contributed by atoms with Crippen LogP contribution in [0, 0.1) is 5.92 Å². The number of hydrogen-bond donors (Lipinski definition) is 2. The van der Waals surface area contributed by atoms with Gasteiger partial charge in [-0.05, 0) is 84.3 Å². The van der Waals surface area contributed by atoms with E-state index in [9.17, 15) is 22.8 Å². The van der Waals surface area contributed by atoms with E-state index in [1.165, 1.54) is 17.2 Å². The van der Waals surface area contributed by atoms with E-state index in [1.807, 2.05) is 37.4 Å². The van der Waals surface area contributed by atoms with Crippen molar-refractivity contribution in [1.82, 2.24) is 34.7 Å². The number of aromatic nitrogens is 5. The quantitative estimate of drug-likeness (QED) is 0.140. The summed E-state index contributed by atoms with van der Waals surface area (Å²) in [4.78, 5) is 52.8. The van der Waals surface area contributed by atoms with Gasteiger partial charge in [-0.25, -0.2) is 15.0 Å². The monoisotopic (exact) mass is 833 g/mol. The van der Waals surface area contributed by atoms with Gasteiger partial charge in [0.25, 0.3) is 11.8 Å². The van der Waals surface area contributed by atoms with Gasteiger partial charge in [0.2, 0.25) is 0 Å². The third-order valence-corrected chi connectivity index (χ3v) is 11.7. The van der Waals surface area contributed by atoms with Gasteiger partial charge in [-0.1, -0.05) is 6.07 Å². The molecule has 1 aromatic carbocycles. The number of carbonyl (C=O) groups excluding carboxylic acids is 2. The van der Waals surface area contributed by atoms with Crippen molar-refractivity contribution in [2.24, 2.45) is 5.92 Å². The van der Waals surface area contributed by atoms with Crippen LogP contribution in [0.5, 0.6) is 0 Å². The number of rotatable bonds is 12. The molecule has 4 N–H and O–H groups in total. The largest absolute Gasteiger partial charge is 0.417 e. The highest BCUT2D eigenvalue weighted by Crippen LogP contribution is 2.47. The number of fused-ring (bicyclic) bond motifs is 6. The van der Waals surface area contributed by atoms with E-state index in [4.69, 9.17) is 25.7 Å². The molecule has 0 spiro atoms. The SMILES string of the molecule is C[C@H](COCC1CC1c1ccc(CN(C)C(=O)c2ccc3nc(N)c4c(c3c2)COC4)nc1)N(Cc1ccc(C(F)(F)F)cn1)C(=O)c1cnc2nc(N)c3c(c2c1)COC3. The molecule has 9 rings (SSSR count). The van der Waals surface area contributed by atoms with Gasteiger partial charge in [0.1, 0.15) is 11.6 Å². The van der Waals surface area contributed by atoms with Gasteiger partial charge < -0.3 is 35.5 Å². The molecule has 3 atom stereocenters. The van der Waals surface area contributed by atoms with E-state index in [2.05, 4.69) is 24.9 Å². The highest BCUT2D eigenvalue weighted by atomic mass is 19.4. The molecule has 5 aromatic heterocycles. The molecule has 17 heteroatoms. The number of hydrogen-bond acceptors (Lipinski definition) is 12. The average Bonchev–Trinajstić information content (AvgIpc) is 3.57. The fourth-order valence-electron chi connectivity index (χ4n) is 8.13. The number of amides is 2. The summed E-state index contributed by atoms with van der Waals surface area (Å²) in [5, 5.41) is 1.51. The lowest BCUT2D eigenvalue weighted by Crippen LogP contribution is -2.41. The summed E-state index contributed by atoms with van der Waals surface area (Å²) in [6, 6.07) is 12.8. The third kappa shape index (κ3) is 8.03. The number of nitrogens with zero attached hydrogens (tertiary/aromatic N) is 7. The Kier molecular flexibility index (Phi) is 10.5. The molecule has 14 nitrogen and oxygen atoms in total. The second kappa shape index (κ2) is 15.9.